The van der Waals surface area contributed by atoms with Gasteiger partial charge in [-0.3, -0.25) is 4.57 Å². The zero-order valence-electron chi connectivity index (χ0n) is 22.7. The van der Waals surface area contributed by atoms with Crippen molar-refractivity contribution in [3.05, 3.63) is 0 Å². The Morgan fingerprint density at radius 3 is 1.36 bits per heavy atom. The summed E-state index contributed by atoms with van der Waals surface area (Å²) in [4.78, 5) is 9.59. The van der Waals surface area contributed by atoms with Crippen LogP contribution in [0.2, 0.25) is 44.8 Å². The van der Waals surface area contributed by atoms with Gasteiger partial charge in [-0.25, -0.2) is 5.26 Å². The maximum Gasteiger partial charge on any atom is 0.383 e. The predicted molar refractivity (Wildman–Crippen MR) is 113 cm³/mol. The topological polar surface area (TPSA) is 279 Å². The lowest BCUT2D eigenvalue weighted by molar-refractivity contribution is -0.898. The standard InChI is InChI=1S/C12H31O27PSi2/c1-41(2,3)12(10-17-42(4,5)6)8-7-9-16-11-40(14,15)39-38-37-36-35-34-33-32-31-30-29-28-27-26-25-24-23-22-21-20-19-18-13/h12-13H,7-11H2,1-6H3,(H,14,15). The summed E-state index contributed by atoms with van der Waals surface area (Å²) in [6, 6.07) is 0. The minimum Gasteiger partial charge on any atom is -0.418 e. The van der Waals surface area contributed by atoms with Crippen molar-refractivity contribution in [2.75, 3.05) is 19.6 Å². The van der Waals surface area contributed by atoms with Crippen LogP contribution in [0.5, 0.6) is 0 Å². The molecule has 27 nitrogen and oxygen atoms in total. The van der Waals surface area contributed by atoms with E-state index in [4.69, 9.17) is 14.4 Å². The first-order chi connectivity index (χ1) is 19.9. The van der Waals surface area contributed by atoms with Gasteiger partial charge < -0.3 is 14.1 Å². The van der Waals surface area contributed by atoms with Gasteiger partial charge in [-0.15, -0.1) is 4.67 Å². The van der Waals surface area contributed by atoms with Gasteiger partial charge in [-0.2, -0.15) is 0 Å². The Labute approximate surface area is 236 Å². The molecule has 0 bridgehead atoms. The number of rotatable bonds is 32. The number of ether oxygens (including phenoxy) is 1. The molecule has 0 aliphatic carbocycles. The van der Waals surface area contributed by atoms with Crippen molar-refractivity contribution < 1.29 is 134 Å². The highest BCUT2D eigenvalue weighted by Gasteiger charge is 2.29. The Hall–Kier alpha value is -0.376. The van der Waals surface area contributed by atoms with Crippen molar-refractivity contribution in [1.82, 2.24) is 0 Å². The van der Waals surface area contributed by atoms with Gasteiger partial charge in [-0.1, -0.05) is 19.6 Å². The summed E-state index contributed by atoms with van der Waals surface area (Å²) in [7, 11) is -7.47. The normalized spacial score (nSPS) is 14.8. The molecule has 0 amide bonds. The summed E-state index contributed by atoms with van der Waals surface area (Å²) in [5.74, 6) is 0. The molecule has 0 radical (unpaired) electrons. The second kappa shape index (κ2) is 25.9. The van der Waals surface area contributed by atoms with Gasteiger partial charge in [0.2, 0.25) is 0 Å². The summed E-state index contributed by atoms with van der Waals surface area (Å²) < 4.78 is 27.1. The second-order valence-electron chi connectivity index (χ2n) is 8.81. The van der Waals surface area contributed by atoms with E-state index in [1.165, 1.54) is 0 Å². The fourth-order valence-corrected chi connectivity index (χ4v) is 5.07. The Balaban J connectivity index is 3.54. The summed E-state index contributed by atoms with van der Waals surface area (Å²) in [6.07, 6.45) is 0.812. The average molecular weight is 694 g/mol. The fourth-order valence-electron chi connectivity index (χ4n) is 2.03. The third-order valence-electron chi connectivity index (χ3n) is 3.74. The van der Waals surface area contributed by atoms with Gasteiger partial charge in [0.05, 0.1) is 0 Å². The molecule has 0 heterocycles. The summed E-state index contributed by atoms with van der Waals surface area (Å²) in [5, 5.41) is 81.5. The molecule has 30 heteroatoms. The third kappa shape index (κ3) is 29.7. The lowest BCUT2D eigenvalue weighted by Gasteiger charge is -2.31. The summed E-state index contributed by atoms with van der Waals surface area (Å²) in [5.41, 5.74) is 0.416. The Kier molecular flexibility index (Phi) is 25.7. The van der Waals surface area contributed by atoms with Gasteiger partial charge in [0.15, 0.2) is 14.7 Å². The molecule has 0 aliphatic heterocycles. The van der Waals surface area contributed by atoms with E-state index in [9.17, 15) is 9.46 Å². The van der Waals surface area contributed by atoms with Gasteiger partial charge in [0.1, 0.15) is 0 Å². The highest BCUT2D eigenvalue weighted by molar-refractivity contribution is 7.52. The van der Waals surface area contributed by atoms with Crippen LogP contribution < -0.4 is 0 Å². The molecule has 0 saturated carbocycles. The second-order valence-corrected chi connectivity index (χ2v) is 20.6. The van der Waals surface area contributed by atoms with Crippen molar-refractivity contribution in [2.45, 2.75) is 57.7 Å². The van der Waals surface area contributed by atoms with Crippen molar-refractivity contribution >= 4 is 24.0 Å². The molecule has 0 spiro atoms. The zero-order chi connectivity index (χ0) is 31.6. The Morgan fingerprint density at radius 2 is 1.00 bits per heavy atom. The van der Waals surface area contributed by atoms with Crippen LogP contribution >= 0.6 is 7.60 Å². The largest absolute Gasteiger partial charge is 0.418 e. The Bertz CT molecular complexity index is 650. The maximum absolute atomic E-state index is 11.8. The molecule has 2 atom stereocenters. The van der Waals surface area contributed by atoms with Crippen LogP contribution in [-0.4, -0.2) is 46.1 Å². The molecule has 0 aromatic heterocycles. The van der Waals surface area contributed by atoms with Crippen LogP contribution in [0.4, 0.5) is 0 Å². The van der Waals surface area contributed by atoms with E-state index < -0.39 is 30.3 Å². The SMILES string of the molecule is C[Si](C)(C)OCC(CCCOCP(=O)(O)OOOOOOOOOOOOOOOOOOOOOOO)[Si](C)(C)C. The van der Waals surface area contributed by atoms with Crippen LogP contribution in [-0.2, 0) is 124 Å². The van der Waals surface area contributed by atoms with E-state index in [2.05, 4.69) is 150 Å². The lowest BCUT2D eigenvalue weighted by Crippen LogP contribution is -2.36. The van der Waals surface area contributed by atoms with Crippen molar-refractivity contribution in [3.8, 4) is 0 Å². The maximum atomic E-state index is 11.8. The van der Waals surface area contributed by atoms with Crippen molar-refractivity contribution in [3.63, 3.8) is 0 Å². The van der Waals surface area contributed by atoms with Gasteiger partial charge >= 0.3 is 7.60 Å². The summed E-state index contributed by atoms with van der Waals surface area (Å²) in [6.45, 7) is 14.1. The van der Waals surface area contributed by atoms with Crippen LogP contribution in [0, 0.1) is 0 Å². The van der Waals surface area contributed by atoms with Crippen molar-refractivity contribution in [1.29, 1.82) is 0 Å². The minimum atomic E-state index is -4.36. The van der Waals surface area contributed by atoms with Crippen LogP contribution in [0.15, 0.2) is 0 Å². The van der Waals surface area contributed by atoms with E-state index in [-0.39, 0.29) is 6.61 Å². The molecule has 2 unspecified atom stereocenters. The monoisotopic (exact) mass is 694 g/mol. The van der Waals surface area contributed by atoms with E-state index in [1.807, 2.05) is 0 Å². The first-order valence-corrected chi connectivity index (χ1v) is 19.5. The molecule has 0 aliphatic rings. The third-order valence-corrected chi connectivity index (χ3v) is 8.48. The zero-order valence-corrected chi connectivity index (χ0v) is 25.6. The molecular formula is C12H31O27PSi2. The van der Waals surface area contributed by atoms with Gasteiger partial charge in [0, 0.05) is 46.5 Å². The van der Waals surface area contributed by atoms with Crippen LogP contribution in [0.25, 0.3) is 0 Å². The highest BCUT2D eigenvalue weighted by atomic mass is 31.2. The van der Waals surface area contributed by atoms with E-state index in [1.54, 1.807) is 0 Å². The van der Waals surface area contributed by atoms with Gasteiger partial charge in [-0.05, 0) is 119 Å². The number of hydrogen-bond donors (Lipinski definition) is 2. The van der Waals surface area contributed by atoms with Crippen LogP contribution in [0.3, 0.4) is 0 Å². The fraction of sp³-hybridized carbons (Fsp3) is 1.00. The quantitative estimate of drug-likeness (QED) is 0.0336. The van der Waals surface area contributed by atoms with E-state index in [0.717, 1.165) is 6.42 Å². The first kappa shape index (κ1) is 41.6. The Morgan fingerprint density at radius 1 is 0.619 bits per heavy atom. The first-order valence-electron chi connectivity index (χ1n) is 10.7. The lowest BCUT2D eigenvalue weighted by atomic mass is 10.2. The predicted octanol–water partition coefficient (Wildman–Crippen LogP) is 2.54. The smallest absolute Gasteiger partial charge is 0.383 e. The molecule has 2 N–H and O–H groups in total. The molecule has 0 aromatic carbocycles. The molecule has 0 saturated heterocycles. The van der Waals surface area contributed by atoms with E-state index in [0.29, 0.717) is 18.6 Å². The molecule has 42 heavy (non-hydrogen) atoms. The van der Waals surface area contributed by atoms with Gasteiger partial charge in [0.25, 0.3) is 0 Å². The van der Waals surface area contributed by atoms with E-state index >= 15 is 0 Å². The molecule has 0 aromatic rings. The minimum absolute atomic E-state index is 0.208. The van der Waals surface area contributed by atoms with Crippen LogP contribution in [0.1, 0.15) is 12.8 Å². The molecular weight excluding hydrogens is 663 g/mol. The molecule has 0 fully saturated rings. The molecule has 254 valence electrons. The average Bonchev–Trinajstić information content (AvgIpc) is 2.89. The highest BCUT2D eigenvalue weighted by Crippen LogP contribution is 2.42. The summed E-state index contributed by atoms with van der Waals surface area (Å²) >= 11 is 0. The molecule has 0 rings (SSSR count). The number of hydrogen-bond acceptors (Lipinski definition) is 26. The van der Waals surface area contributed by atoms with Crippen molar-refractivity contribution in [2.24, 2.45) is 0 Å².